The average Bonchev–Trinajstić information content (AvgIpc) is 3.30. The Kier molecular flexibility index (Phi) is 50.9. The van der Waals surface area contributed by atoms with Crippen molar-refractivity contribution in [2.45, 2.75) is 271 Å². The first-order valence-corrected chi connectivity index (χ1v) is 27.4. The van der Waals surface area contributed by atoms with E-state index in [-0.39, 0.29) is 31.1 Å². The molecule has 0 bridgehead atoms. The zero-order valence-corrected chi connectivity index (χ0v) is 42.7. The fraction of sp³-hybridized carbons (Fsp3) is 0.746. The van der Waals surface area contributed by atoms with E-state index in [2.05, 4.69) is 93.7 Å². The number of unbranched alkanes of at least 4 members (excludes halogenated alkanes) is 26. The fourth-order valence-electron chi connectivity index (χ4n) is 7.53. The van der Waals surface area contributed by atoms with E-state index < -0.39 is 6.10 Å². The summed E-state index contributed by atoms with van der Waals surface area (Å²) in [7, 11) is 0. The number of carbonyl (C=O) groups is 3. The van der Waals surface area contributed by atoms with Gasteiger partial charge in [-0.25, -0.2) is 0 Å². The lowest BCUT2D eigenvalue weighted by Gasteiger charge is -2.18. The molecular weight excluding hydrogens is 805 g/mol. The standard InChI is InChI=1S/C59H102O6/c1-4-7-10-13-16-19-22-24-26-27-28-29-30-31-33-35-38-40-43-46-49-52-58(61)64-55-56(65-59(62)53-50-47-44-41-36-21-18-15-12-9-6-3)54-63-57(60)51-48-45-42-39-37-34-32-25-23-20-17-14-11-8-5-2/h8,11,15,17-18,20,24-26,32,37,39,56H,4-7,9-10,12-14,16,19,21-23,27-31,33-36,38,40-55H2,1-3H3/b11-8-,18-15-,20-17-,26-24-,32-25-,39-37-/t56-/m1/s1. The molecule has 0 aliphatic heterocycles. The second-order valence-electron chi connectivity index (χ2n) is 18.1. The number of allylic oxidation sites excluding steroid dienone is 12. The van der Waals surface area contributed by atoms with Crippen molar-refractivity contribution in [3.63, 3.8) is 0 Å². The largest absolute Gasteiger partial charge is 0.462 e. The molecule has 0 aromatic heterocycles. The molecule has 0 amide bonds. The molecule has 0 N–H and O–H groups in total. The highest BCUT2D eigenvalue weighted by molar-refractivity contribution is 5.71. The van der Waals surface area contributed by atoms with Crippen molar-refractivity contribution in [3.8, 4) is 0 Å². The molecule has 0 saturated carbocycles. The number of rotatable bonds is 49. The smallest absolute Gasteiger partial charge is 0.306 e. The van der Waals surface area contributed by atoms with Crippen molar-refractivity contribution in [3.05, 3.63) is 72.9 Å². The molecule has 6 heteroatoms. The van der Waals surface area contributed by atoms with Gasteiger partial charge in [0.25, 0.3) is 0 Å². The molecule has 0 rings (SSSR count). The van der Waals surface area contributed by atoms with Crippen LogP contribution in [-0.4, -0.2) is 37.2 Å². The highest BCUT2D eigenvalue weighted by Crippen LogP contribution is 2.15. The lowest BCUT2D eigenvalue weighted by Crippen LogP contribution is -2.30. The van der Waals surface area contributed by atoms with Crippen LogP contribution in [0.3, 0.4) is 0 Å². The minimum Gasteiger partial charge on any atom is -0.462 e. The monoisotopic (exact) mass is 907 g/mol. The van der Waals surface area contributed by atoms with Crippen LogP contribution >= 0.6 is 0 Å². The summed E-state index contributed by atoms with van der Waals surface area (Å²) in [6.07, 6.45) is 67.6. The Hall–Kier alpha value is -3.15. The van der Waals surface area contributed by atoms with Gasteiger partial charge >= 0.3 is 17.9 Å². The molecule has 374 valence electrons. The molecule has 0 spiro atoms. The van der Waals surface area contributed by atoms with Crippen molar-refractivity contribution in [1.29, 1.82) is 0 Å². The summed E-state index contributed by atoms with van der Waals surface area (Å²) in [6.45, 7) is 6.45. The van der Waals surface area contributed by atoms with Crippen LogP contribution in [0, 0.1) is 0 Å². The zero-order valence-electron chi connectivity index (χ0n) is 42.7. The van der Waals surface area contributed by atoms with Crippen LogP contribution in [0.2, 0.25) is 0 Å². The van der Waals surface area contributed by atoms with Crippen LogP contribution in [0.15, 0.2) is 72.9 Å². The van der Waals surface area contributed by atoms with Gasteiger partial charge in [-0.15, -0.1) is 0 Å². The Balaban J connectivity index is 4.34. The van der Waals surface area contributed by atoms with Crippen LogP contribution in [0.4, 0.5) is 0 Å². The number of hydrogen-bond donors (Lipinski definition) is 0. The van der Waals surface area contributed by atoms with E-state index in [1.54, 1.807) is 0 Å². The summed E-state index contributed by atoms with van der Waals surface area (Å²) in [5.74, 6) is -0.942. The van der Waals surface area contributed by atoms with Gasteiger partial charge in [0.05, 0.1) is 0 Å². The molecule has 0 aliphatic carbocycles. The summed E-state index contributed by atoms with van der Waals surface area (Å²) in [5, 5.41) is 0. The summed E-state index contributed by atoms with van der Waals surface area (Å²) < 4.78 is 16.8. The van der Waals surface area contributed by atoms with Gasteiger partial charge in [0.1, 0.15) is 13.2 Å². The van der Waals surface area contributed by atoms with Gasteiger partial charge in [-0.2, -0.15) is 0 Å². The van der Waals surface area contributed by atoms with Gasteiger partial charge < -0.3 is 14.2 Å². The Morgan fingerprint density at radius 1 is 0.323 bits per heavy atom. The van der Waals surface area contributed by atoms with Gasteiger partial charge in [-0.3, -0.25) is 14.4 Å². The van der Waals surface area contributed by atoms with E-state index in [4.69, 9.17) is 14.2 Å². The van der Waals surface area contributed by atoms with E-state index in [9.17, 15) is 14.4 Å². The lowest BCUT2D eigenvalue weighted by molar-refractivity contribution is -0.167. The molecule has 65 heavy (non-hydrogen) atoms. The van der Waals surface area contributed by atoms with Crippen molar-refractivity contribution in [2.75, 3.05) is 13.2 Å². The number of carbonyl (C=O) groups excluding carboxylic acids is 3. The quantitative estimate of drug-likeness (QED) is 0.0262. The summed E-state index contributed by atoms with van der Waals surface area (Å²) in [6, 6.07) is 0. The normalized spacial score (nSPS) is 12.6. The van der Waals surface area contributed by atoms with Crippen LogP contribution in [0.1, 0.15) is 265 Å². The number of hydrogen-bond acceptors (Lipinski definition) is 6. The molecule has 6 nitrogen and oxygen atoms in total. The average molecular weight is 907 g/mol. The maximum atomic E-state index is 12.8. The second-order valence-corrected chi connectivity index (χ2v) is 18.1. The first kappa shape index (κ1) is 61.9. The van der Waals surface area contributed by atoms with Crippen molar-refractivity contribution >= 4 is 17.9 Å². The predicted molar refractivity (Wildman–Crippen MR) is 279 cm³/mol. The maximum absolute atomic E-state index is 12.8. The third-order valence-electron chi connectivity index (χ3n) is 11.7. The Labute approximate surface area is 402 Å². The Morgan fingerprint density at radius 2 is 0.615 bits per heavy atom. The molecule has 1 atom stereocenters. The zero-order chi connectivity index (χ0) is 47.2. The summed E-state index contributed by atoms with van der Waals surface area (Å²) in [5.41, 5.74) is 0. The summed E-state index contributed by atoms with van der Waals surface area (Å²) in [4.78, 5) is 38.0. The highest BCUT2D eigenvalue weighted by Gasteiger charge is 2.19. The number of esters is 3. The van der Waals surface area contributed by atoms with Crippen LogP contribution in [0.5, 0.6) is 0 Å². The molecule has 0 aromatic carbocycles. The SMILES string of the molecule is CC/C=C\C/C=C\C/C=C\C/C=C\CCCCC(=O)OC[C@H](COC(=O)CCCCCCCCCCCCC/C=C\CCCCCCCC)OC(=O)CCCCCCC/C=C\CCCC. The lowest BCUT2D eigenvalue weighted by atomic mass is 10.0. The van der Waals surface area contributed by atoms with Crippen LogP contribution < -0.4 is 0 Å². The molecule has 0 saturated heterocycles. The first-order valence-electron chi connectivity index (χ1n) is 27.4. The Bertz CT molecular complexity index is 1230. The Morgan fingerprint density at radius 3 is 1.03 bits per heavy atom. The maximum Gasteiger partial charge on any atom is 0.306 e. The molecular formula is C59H102O6. The molecule has 0 unspecified atom stereocenters. The van der Waals surface area contributed by atoms with E-state index in [1.165, 1.54) is 128 Å². The van der Waals surface area contributed by atoms with Gasteiger partial charge in [-0.1, -0.05) is 216 Å². The molecule has 0 aromatic rings. The fourth-order valence-corrected chi connectivity index (χ4v) is 7.53. The van der Waals surface area contributed by atoms with Crippen LogP contribution in [0.25, 0.3) is 0 Å². The van der Waals surface area contributed by atoms with Crippen molar-refractivity contribution in [2.24, 2.45) is 0 Å². The van der Waals surface area contributed by atoms with Crippen LogP contribution in [-0.2, 0) is 28.6 Å². The van der Waals surface area contributed by atoms with Crippen molar-refractivity contribution < 1.29 is 28.6 Å². The van der Waals surface area contributed by atoms with Gasteiger partial charge in [0.2, 0.25) is 0 Å². The topological polar surface area (TPSA) is 78.9 Å². The predicted octanol–water partition coefficient (Wildman–Crippen LogP) is 18.2. The van der Waals surface area contributed by atoms with Gasteiger partial charge in [0.15, 0.2) is 6.10 Å². The first-order chi connectivity index (χ1) is 32.0. The third kappa shape index (κ3) is 51.7. The van der Waals surface area contributed by atoms with Gasteiger partial charge in [0, 0.05) is 19.3 Å². The van der Waals surface area contributed by atoms with E-state index in [1.807, 2.05) is 0 Å². The second kappa shape index (κ2) is 53.5. The van der Waals surface area contributed by atoms with E-state index >= 15 is 0 Å². The van der Waals surface area contributed by atoms with E-state index in [0.29, 0.717) is 19.3 Å². The molecule has 0 radical (unpaired) electrons. The number of ether oxygens (including phenoxy) is 3. The minimum atomic E-state index is -0.796. The summed E-state index contributed by atoms with van der Waals surface area (Å²) >= 11 is 0. The minimum absolute atomic E-state index is 0.0919. The molecule has 0 fully saturated rings. The molecule has 0 aliphatic rings. The third-order valence-corrected chi connectivity index (χ3v) is 11.7. The van der Waals surface area contributed by atoms with E-state index in [0.717, 1.165) is 96.3 Å². The highest BCUT2D eigenvalue weighted by atomic mass is 16.6. The van der Waals surface area contributed by atoms with Crippen molar-refractivity contribution in [1.82, 2.24) is 0 Å². The molecule has 0 heterocycles. The van der Waals surface area contributed by atoms with Gasteiger partial charge in [-0.05, 0) is 103 Å².